The van der Waals surface area contributed by atoms with E-state index in [0.717, 1.165) is 50.8 Å². The van der Waals surface area contributed by atoms with Gasteiger partial charge in [0, 0.05) is 45.3 Å². The van der Waals surface area contributed by atoms with Crippen LogP contribution in [0, 0.1) is 11.6 Å². The van der Waals surface area contributed by atoms with Gasteiger partial charge in [-0.1, -0.05) is 0 Å². The molecule has 3 aliphatic rings. The number of piperazine rings is 1. The third kappa shape index (κ3) is 3.16. The van der Waals surface area contributed by atoms with E-state index in [2.05, 4.69) is 16.8 Å². The van der Waals surface area contributed by atoms with Crippen molar-refractivity contribution in [3.63, 3.8) is 0 Å². The molecule has 3 fully saturated rings. The van der Waals surface area contributed by atoms with Gasteiger partial charge in [0.25, 0.3) is 0 Å². The highest BCUT2D eigenvalue weighted by atomic mass is 32.2. The lowest BCUT2D eigenvalue weighted by molar-refractivity contribution is -0.0775. The maximum atomic E-state index is 13.4. The van der Waals surface area contributed by atoms with E-state index in [9.17, 15) is 17.2 Å². The van der Waals surface area contributed by atoms with Gasteiger partial charge in [0.2, 0.25) is 10.0 Å². The van der Waals surface area contributed by atoms with Crippen LogP contribution in [0.4, 0.5) is 8.78 Å². The van der Waals surface area contributed by atoms with Crippen LogP contribution in [0.3, 0.4) is 0 Å². The first kappa shape index (κ1) is 18.2. The monoisotopic (exact) mass is 387 g/mol. The molecule has 0 amide bonds. The predicted octanol–water partition coefficient (Wildman–Crippen LogP) is 0.744. The molecule has 0 aliphatic carbocycles. The van der Waals surface area contributed by atoms with E-state index in [0.29, 0.717) is 12.6 Å². The lowest BCUT2D eigenvalue weighted by Gasteiger charge is -2.46. The lowest BCUT2D eigenvalue weighted by atomic mass is 9.91. The lowest BCUT2D eigenvalue weighted by Crippen LogP contribution is -2.63. The highest BCUT2D eigenvalue weighted by Crippen LogP contribution is 2.39. The zero-order chi connectivity index (χ0) is 18.5. The van der Waals surface area contributed by atoms with Gasteiger partial charge in [-0.2, -0.15) is 4.31 Å². The quantitative estimate of drug-likeness (QED) is 0.766. The Morgan fingerprint density at radius 2 is 1.81 bits per heavy atom. The van der Waals surface area contributed by atoms with Gasteiger partial charge in [0.15, 0.2) is 11.6 Å². The van der Waals surface area contributed by atoms with Gasteiger partial charge >= 0.3 is 0 Å². The topological polar surface area (TPSA) is 53.1 Å². The van der Waals surface area contributed by atoms with E-state index >= 15 is 0 Å². The molecule has 1 aromatic carbocycles. The summed E-state index contributed by atoms with van der Waals surface area (Å²) in [6.07, 6.45) is 0.806. The van der Waals surface area contributed by atoms with Crippen LogP contribution in [0.25, 0.3) is 0 Å². The van der Waals surface area contributed by atoms with Crippen molar-refractivity contribution in [3.8, 4) is 0 Å². The number of likely N-dealkylation sites (N-methyl/N-ethyl adjacent to an activating group) is 1. The molecule has 1 aromatic rings. The van der Waals surface area contributed by atoms with Crippen LogP contribution < -0.4 is 0 Å². The fourth-order valence-corrected chi connectivity index (χ4v) is 5.62. The summed E-state index contributed by atoms with van der Waals surface area (Å²) in [6.45, 7) is 5.19. The number of nitrogens with zero attached hydrogens (tertiary/aromatic N) is 3. The van der Waals surface area contributed by atoms with Crippen molar-refractivity contribution in [2.75, 3.05) is 52.9 Å². The zero-order valence-corrected chi connectivity index (χ0v) is 15.5. The standard InChI is InChI=1S/C17H23F2N3O3S/c1-20-4-6-21(7-5-20)13-9-17(25-10-13)11-22(12-17)26(23,24)14-2-3-15(18)16(19)8-14/h2-3,8,13H,4-7,9-12H2,1H3. The highest BCUT2D eigenvalue weighted by molar-refractivity contribution is 7.89. The first-order chi connectivity index (χ1) is 12.3. The minimum Gasteiger partial charge on any atom is -0.371 e. The Hall–Kier alpha value is -1.13. The average Bonchev–Trinajstić information content (AvgIpc) is 3.02. The Labute approximate surface area is 152 Å². The van der Waals surface area contributed by atoms with E-state index in [4.69, 9.17) is 4.74 Å². The molecule has 1 atom stereocenters. The molecule has 6 nitrogen and oxygen atoms in total. The normalized spacial score (nSPS) is 27.7. The number of halogens is 2. The molecule has 3 aliphatic heterocycles. The molecule has 3 saturated heterocycles. The molecule has 0 aromatic heterocycles. The minimum absolute atomic E-state index is 0.222. The summed E-state index contributed by atoms with van der Waals surface area (Å²) in [5.41, 5.74) is -0.445. The molecule has 9 heteroatoms. The van der Waals surface area contributed by atoms with E-state index in [-0.39, 0.29) is 18.0 Å². The number of hydrogen-bond donors (Lipinski definition) is 0. The molecular formula is C17H23F2N3O3S. The number of benzene rings is 1. The van der Waals surface area contributed by atoms with Crippen LogP contribution in [0.2, 0.25) is 0 Å². The Bertz CT molecular complexity index is 790. The summed E-state index contributed by atoms with van der Waals surface area (Å²) in [5, 5.41) is 0. The molecule has 0 bridgehead atoms. The van der Waals surface area contributed by atoms with Crippen LogP contribution >= 0.6 is 0 Å². The average molecular weight is 387 g/mol. The van der Waals surface area contributed by atoms with Crippen molar-refractivity contribution in [2.24, 2.45) is 0 Å². The largest absolute Gasteiger partial charge is 0.371 e. The van der Waals surface area contributed by atoms with Crippen molar-refractivity contribution in [1.82, 2.24) is 14.1 Å². The second-order valence-electron chi connectivity index (χ2n) is 7.54. The van der Waals surface area contributed by atoms with Crippen LogP contribution in [-0.4, -0.2) is 87.1 Å². The van der Waals surface area contributed by atoms with Crippen molar-refractivity contribution < 1.29 is 21.9 Å². The molecule has 1 spiro atoms. The van der Waals surface area contributed by atoms with Gasteiger partial charge in [-0.3, -0.25) is 4.90 Å². The summed E-state index contributed by atoms with van der Waals surface area (Å²) in [5.74, 6) is -2.22. The predicted molar refractivity (Wildman–Crippen MR) is 91.3 cm³/mol. The maximum Gasteiger partial charge on any atom is 0.243 e. The van der Waals surface area contributed by atoms with Crippen LogP contribution in [0.5, 0.6) is 0 Å². The second kappa shape index (κ2) is 6.49. The molecule has 26 heavy (non-hydrogen) atoms. The van der Waals surface area contributed by atoms with Gasteiger partial charge in [0.1, 0.15) is 0 Å². The van der Waals surface area contributed by atoms with Crippen molar-refractivity contribution in [3.05, 3.63) is 29.8 Å². The molecule has 1 unspecified atom stereocenters. The van der Waals surface area contributed by atoms with Gasteiger partial charge in [-0.15, -0.1) is 0 Å². The molecule has 0 saturated carbocycles. The van der Waals surface area contributed by atoms with Crippen LogP contribution in [-0.2, 0) is 14.8 Å². The first-order valence-corrected chi connectivity index (χ1v) is 10.2. The molecule has 0 radical (unpaired) electrons. The van der Waals surface area contributed by atoms with E-state index in [1.54, 1.807) is 0 Å². The summed E-state index contributed by atoms with van der Waals surface area (Å²) < 4.78 is 58.9. The fraction of sp³-hybridized carbons (Fsp3) is 0.647. The first-order valence-electron chi connectivity index (χ1n) is 8.81. The number of hydrogen-bond acceptors (Lipinski definition) is 5. The summed E-state index contributed by atoms with van der Waals surface area (Å²) in [6, 6.07) is 2.99. The number of sulfonamides is 1. The van der Waals surface area contributed by atoms with Gasteiger partial charge in [-0.05, 0) is 31.7 Å². The third-order valence-corrected chi connectivity index (χ3v) is 7.49. The van der Waals surface area contributed by atoms with Crippen LogP contribution in [0.1, 0.15) is 6.42 Å². The van der Waals surface area contributed by atoms with Crippen molar-refractivity contribution in [1.29, 1.82) is 0 Å². The minimum atomic E-state index is -3.83. The van der Waals surface area contributed by atoms with Crippen molar-refractivity contribution >= 4 is 10.0 Å². The number of ether oxygens (including phenoxy) is 1. The second-order valence-corrected chi connectivity index (χ2v) is 9.48. The molecular weight excluding hydrogens is 364 g/mol. The summed E-state index contributed by atoms with van der Waals surface area (Å²) >= 11 is 0. The van der Waals surface area contributed by atoms with Gasteiger partial charge in [-0.25, -0.2) is 17.2 Å². The fourth-order valence-electron chi connectivity index (χ4n) is 4.02. The Morgan fingerprint density at radius 3 is 2.46 bits per heavy atom. The highest BCUT2D eigenvalue weighted by Gasteiger charge is 2.54. The SMILES string of the molecule is CN1CCN(C2COC3(C2)CN(S(=O)(=O)c2ccc(F)c(F)c2)C3)CC1. The van der Waals surface area contributed by atoms with Crippen LogP contribution in [0.15, 0.2) is 23.1 Å². The maximum absolute atomic E-state index is 13.4. The Morgan fingerprint density at radius 1 is 1.12 bits per heavy atom. The molecule has 144 valence electrons. The molecule has 0 N–H and O–H groups in total. The number of rotatable bonds is 3. The molecule has 4 rings (SSSR count). The summed E-state index contributed by atoms with van der Waals surface area (Å²) in [7, 11) is -1.72. The zero-order valence-electron chi connectivity index (χ0n) is 14.7. The summed E-state index contributed by atoms with van der Waals surface area (Å²) in [4.78, 5) is 4.49. The van der Waals surface area contributed by atoms with Gasteiger partial charge in [0.05, 0.1) is 17.1 Å². The van der Waals surface area contributed by atoms with E-state index in [1.165, 1.54) is 4.31 Å². The van der Waals surface area contributed by atoms with Gasteiger partial charge < -0.3 is 9.64 Å². The Balaban J connectivity index is 1.39. The van der Waals surface area contributed by atoms with Crippen molar-refractivity contribution in [2.45, 2.75) is 23.0 Å². The Kier molecular flexibility index (Phi) is 4.55. The third-order valence-electron chi connectivity index (χ3n) is 5.70. The van der Waals surface area contributed by atoms with E-state index in [1.807, 2.05) is 0 Å². The molecule has 3 heterocycles. The van der Waals surface area contributed by atoms with E-state index < -0.39 is 27.3 Å². The smallest absolute Gasteiger partial charge is 0.243 e.